The summed E-state index contributed by atoms with van der Waals surface area (Å²) in [4.78, 5) is 46.4. The van der Waals surface area contributed by atoms with Gasteiger partial charge in [-0.1, -0.05) is 13.3 Å². The predicted octanol–water partition coefficient (Wildman–Crippen LogP) is 1.80. The highest BCUT2D eigenvalue weighted by Crippen LogP contribution is 2.25. The predicted molar refractivity (Wildman–Crippen MR) is 107 cm³/mol. The lowest BCUT2D eigenvalue weighted by atomic mass is 9.98. The minimum absolute atomic E-state index is 0.00779. The van der Waals surface area contributed by atoms with Crippen molar-refractivity contribution in [2.75, 3.05) is 26.3 Å². The van der Waals surface area contributed by atoms with Crippen molar-refractivity contribution >= 4 is 17.9 Å². The van der Waals surface area contributed by atoms with Gasteiger partial charge in [-0.25, -0.2) is 10.3 Å². The number of hydroxylamine groups is 2. The van der Waals surface area contributed by atoms with E-state index in [1.54, 1.807) is 20.8 Å². The third-order valence-corrected chi connectivity index (χ3v) is 4.28. The molecule has 186 valence electrons. The van der Waals surface area contributed by atoms with Gasteiger partial charge in [0.15, 0.2) is 0 Å². The maximum Gasteiger partial charge on any atom is 0.471 e. The molecule has 1 aliphatic heterocycles. The van der Waals surface area contributed by atoms with Crippen LogP contribution in [0.25, 0.3) is 0 Å². The summed E-state index contributed by atoms with van der Waals surface area (Å²) in [5.41, 5.74) is 4.03. The van der Waals surface area contributed by atoms with E-state index in [2.05, 4.69) is 10.8 Å². The van der Waals surface area contributed by atoms with Crippen LogP contribution in [-0.4, -0.2) is 73.0 Å². The number of nitrogens with zero attached hydrogens (tertiary/aromatic N) is 1. The smallest absolute Gasteiger partial charge is 0.444 e. The second-order valence-corrected chi connectivity index (χ2v) is 8.31. The summed E-state index contributed by atoms with van der Waals surface area (Å²) in [7, 11) is 0. The minimum Gasteiger partial charge on any atom is -0.444 e. The molecular formula is C19H33F3N4O6. The lowest BCUT2D eigenvalue weighted by molar-refractivity contribution is -0.192. The van der Waals surface area contributed by atoms with Crippen molar-refractivity contribution in [2.45, 2.75) is 77.2 Å². The molecular weight excluding hydrogens is 437 g/mol. The first-order valence-electron chi connectivity index (χ1n) is 10.5. The van der Waals surface area contributed by atoms with Crippen molar-refractivity contribution in [3.8, 4) is 0 Å². The summed E-state index contributed by atoms with van der Waals surface area (Å²) >= 11 is 0. The van der Waals surface area contributed by atoms with Crippen LogP contribution in [0.4, 0.5) is 18.0 Å². The van der Waals surface area contributed by atoms with E-state index < -0.39 is 41.8 Å². The maximum absolute atomic E-state index is 13.0. The van der Waals surface area contributed by atoms with Crippen LogP contribution >= 0.6 is 0 Å². The van der Waals surface area contributed by atoms with Crippen molar-refractivity contribution in [3.05, 3.63) is 0 Å². The number of unbranched alkanes of at least 4 members (excludes halogenated alkanes) is 1. The van der Waals surface area contributed by atoms with Crippen molar-refractivity contribution in [1.82, 2.24) is 21.2 Å². The number of rotatable bonds is 10. The first-order chi connectivity index (χ1) is 14.8. The summed E-state index contributed by atoms with van der Waals surface area (Å²) in [6.07, 6.45) is -3.83. The van der Waals surface area contributed by atoms with Gasteiger partial charge in [0.05, 0.1) is 13.2 Å². The number of piperidine rings is 1. The topological polar surface area (TPSA) is 118 Å². The Morgan fingerprint density at radius 2 is 1.75 bits per heavy atom. The molecule has 13 heteroatoms. The summed E-state index contributed by atoms with van der Waals surface area (Å²) in [6.45, 7) is 6.92. The molecule has 10 nitrogen and oxygen atoms in total. The van der Waals surface area contributed by atoms with Crippen LogP contribution in [0.2, 0.25) is 0 Å². The zero-order chi connectivity index (χ0) is 24.4. The molecule has 0 unspecified atom stereocenters. The van der Waals surface area contributed by atoms with E-state index in [0.717, 1.165) is 12.8 Å². The molecule has 0 bridgehead atoms. The molecule has 1 aliphatic rings. The number of likely N-dealkylation sites (tertiary alicyclic amines) is 1. The average Bonchev–Trinajstić information content (AvgIpc) is 2.68. The Labute approximate surface area is 185 Å². The number of alkyl carbamates (subject to hydrolysis) is 1. The van der Waals surface area contributed by atoms with E-state index in [1.165, 1.54) is 0 Å². The summed E-state index contributed by atoms with van der Waals surface area (Å²) in [5, 5.41) is 2.40. The van der Waals surface area contributed by atoms with Crippen LogP contribution in [0, 0.1) is 0 Å². The molecule has 3 N–H and O–H groups in total. The number of halogens is 3. The minimum atomic E-state index is -5.12. The van der Waals surface area contributed by atoms with Crippen LogP contribution < -0.4 is 16.3 Å². The highest BCUT2D eigenvalue weighted by molar-refractivity contribution is 5.89. The lowest BCUT2D eigenvalue weighted by Crippen LogP contribution is -2.60. The van der Waals surface area contributed by atoms with E-state index in [9.17, 15) is 27.6 Å². The fourth-order valence-electron chi connectivity index (χ4n) is 2.83. The molecule has 0 saturated carbocycles. The quantitative estimate of drug-likeness (QED) is 0.329. The first-order valence-corrected chi connectivity index (χ1v) is 10.5. The number of nitrogens with one attached hydrogen (secondary N) is 3. The second kappa shape index (κ2) is 12.8. The standard InChI is InChI=1S/C19H33F3N4O6/c1-5-6-10-30-24-13-7-8-14(26(12-13)16(28)19(20,21)22)15(27)25-31-11-9-23-17(29)32-18(2,3)4/h13-14,24H,5-12H2,1-4H3,(H,23,29)(H,25,27)/t13-,14+/m1/s1. The van der Waals surface area contributed by atoms with Gasteiger partial charge < -0.3 is 19.8 Å². The van der Waals surface area contributed by atoms with Gasteiger partial charge in [-0.05, 0) is 40.0 Å². The van der Waals surface area contributed by atoms with Crippen LogP contribution in [0.15, 0.2) is 0 Å². The molecule has 3 amide bonds. The summed E-state index contributed by atoms with van der Waals surface area (Å²) in [5.74, 6) is -2.99. The molecule has 0 aromatic carbocycles. The van der Waals surface area contributed by atoms with Gasteiger partial charge in [0.1, 0.15) is 11.6 Å². The van der Waals surface area contributed by atoms with E-state index in [4.69, 9.17) is 14.4 Å². The molecule has 0 aliphatic carbocycles. The van der Waals surface area contributed by atoms with E-state index >= 15 is 0 Å². The van der Waals surface area contributed by atoms with Crippen LogP contribution in [-0.2, 0) is 24.0 Å². The fourth-order valence-corrected chi connectivity index (χ4v) is 2.83. The Balaban J connectivity index is 2.55. The number of carbonyl (C=O) groups excluding carboxylic acids is 3. The number of hydrogen-bond acceptors (Lipinski definition) is 7. The van der Waals surface area contributed by atoms with Crippen molar-refractivity contribution in [3.63, 3.8) is 0 Å². The van der Waals surface area contributed by atoms with E-state index in [1.807, 2.05) is 12.4 Å². The molecule has 1 fully saturated rings. The number of alkyl halides is 3. The molecule has 0 spiro atoms. The molecule has 0 aromatic heterocycles. The van der Waals surface area contributed by atoms with Gasteiger partial charge in [-0.2, -0.15) is 18.7 Å². The van der Waals surface area contributed by atoms with Crippen LogP contribution in [0.1, 0.15) is 53.4 Å². The Hall–Kier alpha value is -2.12. The Morgan fingerprint density at radius 1 is 1.06 bits per heavy atom. The highest BCUT2D eigenvalue weighted by atomic mass is 19.4. The average molecular weight is 470 g/mol. The Bertz CT molecular complexity index is 627. The maximum atomic E-state index is 13.0. The third kappa shape index (κ3) is 10.5. The van der Waals surface area contributed by atoms with Gasteiger partial charge >= 0.3 is 18.2 Å². The van der Waals surface area contributed by atoms with Crippen molar-refractivity contribution in [1.29, 1.82) is 0 Å². The van der Waals surface area contributed by atoms with E-state index in [0.29, 0.717) is 17.9 Å². The fraction of sp³-hybridized carbons (Fsp3) is 0.842. The van der Waals surface area contributed by atoms with Gasteiger partial charge in [-0.3, -0.25) is 14.4 Å². The van der Waals surface area contributed by atoms with Gasteiger partial charge in [0, 0.05) is 19.1 Å². The van der Waals surface area contributed by atoms with Gasteiger partial charge in [-0.15, -0.1) is 0 Å². The molecule has 32 heavy (non-hydrogen) atoms. The van der Waals surface area contributed by atoms with Gasteiger partial charge in [0.2, 0.25) is 0 Å². The Kier molecular flexibility index (Phi) is 11.2. The number of hydrogen-bond donors (Lipinski definition) is 3. The lowest BCUT2D eigenvalue weighted by Gasteiger charge is -2.38. The molecule has 0 radical (unpaired) electrons. The Morgan fingerprint density at radius 3 is 2.34 bits per heavy atom. The molecule has 1 heterocycles. The molecule has 0 aromatic rings. The summed E-state index contributed by atoms with van der Waals surface area (Å²) < 4.78 is 44.1. The largest absolute Gasteiger partial charge is 0.471 e. The summed E-state index contributed by atoms with van der Waals surface area (Å²) in [6, 6.07) is -1.89. The van der Waals surface area contributed by atoms with Crippen molar-refractivity contribution < 1.29 is 42.0 Å². The third-order valence-electron chi connectivity index (χ3n) is 4.28. The first kappa shape index (κ1) is 27.9. The van der Waals surface area contributed by atoms with Crippen LogP contribution in [0.3, 0.4) is 0 Å². The zero-order valence-electron chi connectivity index (χ0n) is 18.8. The van der Waals surface area contributed by atoms with Crippen molar-refractivity contribution in [2.24, 2.45) is 0 Å². The second-order valence-electron chi connectivity index (χ2n) is 8.31. The molecule has 1 saturated heterocycles. The van der Waals surface area contributed by atoms with E-state index in [-0.39, 0.29) is 26.1 Å². The SMILES string of the molecule is CCCCON[C@@H]1CC[C@@H](C(=O)NOCCNC(=O)OC(C)(C)C)N(C(=O)C(F)(F)F)C1. The number of carbonyl (C=O) groups is 3. The number of amides is 3. The normalized spacial score (nSPS) is 19.4. The molecule has 1 rings (SSSR count). The highest BCUT2D eigenvalue weighted by Gasteiger charge is 2.48. The van der Waals surface area contributed by atoms with Gasteiger partial charge in [0.25, 0.3) is 5.91 Å². The monoisotopic (exact) mass is 470 g/mol. The molecule has 2 atom stereocenters. The van der Waals surface area contributed by atoms with Crippen LogP contribution in [0.5, 0.6) is 0 Å². The zero-order valence-corrected chi connectivity index (χ0v) is 18.8. The number of ether oxygens (including phenoxy) is 1.